The Balaban J connectivity index is 1.13. The highest BCUT2D eigenvalue weighted by atomic mass is 16.8. The molecule has 4 saturated carbocycles. The number of hydrogen-bond acceptors (Lipinski definition) is 11. The largest absolute Gasteiger partial charge is 0.481 e. The van der Waals surface area contributed by atoms with Crippen LogP contribution >= 0.6 is 0 Å². The molecule has 53 heavy (non-hydrogen) atoms. The number of aliphatic hydroxyl groups is 6. The Morgan fingerprint density at radius 3 is 2.19 bits per heavy atom. The van der Waals surface area contributed by atoms with Crippen molar-refractivity contribution in [1.82, 2.24) is 0 Å². The summed E-state index contributed by atoms with van der Waals surface area (Å²) in [7, 11) is 0. The molecular formula is C41H66O12. The van der Waals surface area contributed by atoms with Crippen molar-refractivity contribution in [3.63, 3.8) is 0 Å². The topological polar surface area (TPSA) is 196 Å². The van der Waals surface area contributed by atoms with Gasteiger partial charge in [-0.25, -0.2) is 0 Å². The Bertz CT molecular complexity index is 1430. The predicted molar refractivity (Wildman–Crippen MR) is 192 cm³/mol. The van der Waals surface area contributed by atoms with E-state index >= 15 is 0 Å². The first-order chi connectivity index (χ1) is 24.7. The molecule has 0 spiro atoms. The maximum absolute atomic E-state index is 13.0. The van der Waals surface area contributed by atoms with Gasteiger partial charge in [-0.3, -0.25) is 4.79 Å². The van der Waals surface area contributed by atoms with E-state index in [1.54, 1.807) is 0 Å². The van der Waals surface area contributed by atoms with Crippen molar-refractivity contribution in [2.75, 3.05) is 13.2 Å². The maximum Gasteiger partial charge on any atom is 0.310 e. The molecule has 0 bridgehead atoms. The first kappa shape index (κ1) is 40.0. The van der Waals surface area contributed by atoms with Crippen molar-refractivity contribution in [3.8, 4) is 0 Å². The molecule has 2 saturated heterocycles. The fourth-order valence-corrected chi connectivity index (χ4v) is 13.4. The lowest BCUT2D eigenvalue weighted by Crippen LogP contribution is -2.66. The summed E-state index contributed by atoms with van der Waals surface area (Å²) < 4.78 is 24.3. The molecule has 0 radical (unpaired) electrons. The molecule has 10 unspecified atom stereocenters. The third kappa shape index (κ3) is 5.94. The molecular weight excluding hydrogens is 684 g/mol. The van der Waals surface area contributed by atoms with Gasteiger partial charge in [-0.2, -0.15) is 0 Å². The Hall–Kier alpha value is -1.19. The summed E-state index contributed by atoms with van der Waals surface area (Å²) >= 11 is 0. The summed E-state index contributed by atoms with van der Waals surface area (Å²) in [6, 6.07) is 0. The second-order valence-corrected chi connectivity index (χ2v) is 20.2. The molecule has 12 nitrogen and oxygen atoms in total. The van der Waals surface area contributed by atoms with Crippen LogP contribution in [0.15, 0.2) is 11.6 Å². The van der Waals surface area contributed by atoms with E-state index in [9.17, 15) is 40.5 Å². The Labute approximate surface area is 314 Å². The SMILES string of the molecule is CC1(C)CC[C@]2(C(=O)O)CC[C@]3(C)C(=CC[C@@H]4[C@@]5(C)CCC(OC6OCC(O)C(O)C6OC6OC(CO)C(O)C(O)C6O)C(C)(C)[C@@H]5CC[C@]43C)[C@@H]2C1. The quantitative estimate of drug-likeness (QED) is 0.155. The van der Waals surface area contributed by atoms with Crippen LogP contribution < -0.4 is 0 Å². The second kappa shape index (κ2) is 13.5. The van der Waals surface area contributed by atoms with Gasteiger partial charge in [0.15, 0.2) is 12.6 Å². The number of aliphatic hydroxyl groups excluding tert-OH is 6. The van der Waals surface area contributed by atoms with Crippen LogP contribution in [0.2, 0.25) is 0 Å². The van der Waals surface area contributed by atoms with Crippen LogP contribution in [0, 0.1) is 50.2 Å². The average molecular weight is 751 g/mol. The van der Waals surface area contributed by atoms with Crippen LogP contribution in [0.3, 0.4) is 0 Å². The number of ether oxygens (including phenoxy) is 4. The van der Waals surface area contributed by atoms with Gasteiger partial charge in [0.25, 0.3) is 0 Å². The Kier molecular flexibility index (Phi) is 10.2. The number of carboxylic acid groups (broad SMARTS) is 1. The van der Waals surface area contributed by atoms with E-state index in [1.165, 1.54) is 5.57 Å². The van der Waals surface area contributed by atoms with Crippen molar-refractivity contribution in [1.29, 1.82) is 0 Å². The Morgan fingerprint density at radius 1 is 0.811 bits per heavy atom. The predicted octanol–water partition coefficient (Wildman–Crippen LogP) is 3.52. The molecule has 0 amide bonds. The highest BCUT2D eigenvalue weighted by Crippen LogP contribution is 2.76. The van der Waals surface area contributed by atoms with E-state index < -0.39 is 73.3 Å². The summed E-state index contributed by atoms with van der Waals surface area (Å²) in [5.74, 6) is 0.147. The smallest absolute Gasteiger partial charge is 0.310 e. The van der Waals surface area contributed by atoms with E-state index in [0.717, 1.165) is 64.2 Å². The lowest BCUT2D eigenvalue weighted by Gasteiger charge is -2.71. The normalized spacial score (nSPS) is 53.3. The second-order valence-electron chi connectivity index (χ2n) is 20.2. The minimum absolute atomic E-state index is 0.00935. The number of hydrogen-bond donors (Lipinski definition) is 7. The first-order valence-corrected chi connectivity index (χ1v) is 20.2. The van der Waals surface area contributed by atoms with Crippen LogP contribution in [-0.2, 0) is 23.7 Å². The third-order valence-electron chi connectivity index (χ3n) is 16.9. The van der Waals surface area contributed by atoms with Gasteiger partial charge >= 0.3 is 5.97 Å². The van der Waals surface area contributed by atoms with Gasteiger partial charge in [0.05, 0.1) is 24.7 Å². The lowest BCUT2D eigenvalue weighted by atomic mass is 9.33. The van der Waals surface area contributed by atoms with Crippen molar-refractivity contribution in [2.24, 2.45) is 50.2 Å². The zero-order valence-corrected chi connectivity index (χ0v) is 32.7. The standard InChI is InChI=1S/C41H66O12/c1-36(2)14-16-41(35(48)49)17-15-39(6)21(22(41)18-36)8-9-26-38(5)12-11-27(37(3,4)25(38)10-13-40(26,39)7)52-34-32(28(44)23(43)20-50-34)53-33-31(47)30(46)29(45)24(19-42)51-33/h8,22-34,42-47H,9-20H2,1-7H3,(H,48,49)/t22-,23?,24?,25-,26+,27?,28?,29?,30?,31?,32?,33?,34?,38-,39+,40+,41-/m0/s1. The summed E-state index contributed by atoms with van der Waals surface area (Å²) in [6.07, 6.45) is -1.79. The average Bonchev–Trinajstić information content (AvgIpc) is 3.08. The number of aliphatic carboxylic acids is 1. The van der Waals surface area contributed by atoms with Gasteiger partial charge in [0.1, 0.15) is 42.7 Å². The van der Waals surface area contributed by atoms with Crippen LogP contribution in [-0.4, -0.2) is 116 Å². The summed E-state index contributed by atoms with van der Waals surface area (Å²) in [4.78, 5) is 13.0. The fourth-order valence-electron chi connectivity index (χ4n) is 13.4. The molecule has 6 fully saturated rings. The van der Waals surface area contributed by atoms with E-state index in [0.29, 0.717) is 11.8 Å². The highest BCUT2D eigenvalue weighted by Gasteiger charge is 2.69. The molecule has 7 rings (SSSR count). The van der Waals surface area contributed by atoms with Crippen LogP contribution in [0.5, 0.6) is 0 Å². The number of carbonyl (C=O) groups is 1. The molecule has 2 aliphatic heterocycles. The summed E-state index contributed by atoms with van der Waals surface area (Å²) in [5, 5.41) is 73.3. The van der Waals surface area contributed by atoms with E-state index in [-0.39, 0.29) is 45.7 Å². The molecule has 0 aromatic rings. The van der Waals surface area contributed by atoms with Gasteiger partial charge in [0.2, 0.25) is 0 Å². The zero-order chi connectivity index (χ0) is 38.7. The van der Waals surface area contributed by atoms with Crippen molar-refractivity contribution in [3.05, 3.63) is 11.6 Å². The molecule has 302 valence electrons. The minimum Gasteiger partial charge on any atom is -0.481 e. The van der Waals surface area contributed by atoms with Gasteiger partial charge in [0, 0.05) is 0 Å². The van der Waals surface area contributed by atoms with Gasteiger partial charge < -0.3 is 54.7 Å². The Morgan fingerprint density at radius 2 is 1.51 bits per heavy atom. The fraction of sp³-hybridized carbons (Fsp3) is 0.927. The van der Waals surface area contributed by atoms with E-state index in [2.05, 4.69) is 54.5 Å². The molecule has 7 aliphatic rings. The summed E-state index contributed by atoms with van der Waals surface area (Å²) in [6.45, 7) is 15.7. The lowest BCUT2D eigenvalue weighted by molar-refractivity contribution is -0.367. The van der Waals surface area contributed by atoms with E-state index in [1.807, 2.05) is 0 Å². The van der Waals surface area contributed by atoms with Crippen molar-refractivity contribution < 1.29 is 59.5 Å². The van der Waals surface area contributed by atoms with Gasteiger partial charge in [-0.15, -0.1) is 0 Å². The van der Waals surface area contributed by atoms with Crippen LogP contribution in [0.25, 0.3) is 0 Å². The zero-order valence-electron chi connectivity index (χ0n) is 32.7. The molecule has 17 atom stereocenters. The number of rotatable bonds is 6. The molecule has 7 N–H and O–H groups in total. The number of fused-ring (bicyclic) bond motifs is 7. The summed E-state index contributed by atoms with van der Waals surface area (Å²) in [5.41, 5.74) is 0.450. The van der Waals surface area contributed by atoms with Gasteiger partial charge in [-0.05, 0) is 109 Å². The number of carboxylic acids is 1. The molecule has 2 heterocycles. The first-order valence-electron chi connectivity index (χ1n) is 20.2. The van der Waals surface area contributed by atoms with Crippen LogP contribution in [0.1, 0.15) is 113 Å². The molecule has 12 heteroatoms. The number of allylic oxidation sites excluding steroid dienone is 2. The van der Waals surface area contributed by atoms with Crippen molar-refractivity contribution in [2.45, 2.75) is 174 Å². The maximum atomic E-state index is 13.0. The monoisotopic (exact) mass is 750 g/mol. The molecule has 0 aromatic carbocycles. The minimum atomic E-state index is -1.69. The molecule has 5 aliphatic carbocycles. The van der Waals surface area contributed by atoms with Crippen LogP contribution in [0.4, 0.5) is 0 Å². The van der Waals surface area contributed by atoms with Crippen molar-refractivity contribution >= 4 is 5.97 Å². The highest BCUT2D eigenvalue weighted by molar-refractivity contribution is 5.76. The molecule has 0 aromatic heterocycles. The van der Waals surface area contributed by atoms with Gasteiger partial charge in [-0.1, -0.05) is 60.1 Å². The third-order valence-corrected chi connectivity index (χ3v) is 16.9. The van der Waals surface area contributed by atoms with E-state index in [4.69, 9.17) is 18.9 Å².